The zero-order chi connectivity index (χ0) is 13.1. The lowest BCUT2D eigenvalue weighted by molar-refractivity contribution is 0.246. The van der Waals surface area contributed by atoms with Crippen molar-refractivity contribution >= 4 is 0 Å². The zero-order valence-electron chi connectivity index (χ0n) is 11.1. The van der Waals surface area contributed by atoms with Gasteiger partial charge in [0, 0.05) is 24.0 Å². The SMILES string of the molecule is NCC1CCCCC1n1cncc1-c1ccncc1. The maximum atomic E-state index is 5.94. The molecule has 0 spiro atoms. The summed E-state index contributed by atoms with van der Waals surface area (Å²) in [4.78, 5) is 8.42. The quantitative estimate of drug-likeness (QED) is 0.918. The van der Waals surface area contributed by atoms with Gasteiger partial charge in [0.1, 0.15) is 0 Å². The van der Waals surface area contributed by atoms with Crippen molar-refractivity contribution in [1.82, 2.24) is 14.5 Å². The summed E-state index contributed by atoms with van der Waals surface area (Å²) in [5.41, 5.74) is 8.29. The third-order valence-corrected chi connectivity index (χ3v) is 4.17. The summed E-state index contributed by atoms with van der Waals surface area (Å²) in [6, 6.07) is 4.56. The molecule has 4 heteroatoms. The Morgan fingerprint density at radius 2 is 1.95 bits per heavy atom. The van der Waals surface area contributed by atoms with Gasteiger partial charge in [-0.3, -0.25) is 4.98 Å². The Morgan fingerprint density at radius 1 is 1.16 bits per heavy atom. The third kappa shape index (κ3) is 2.40. The van der Waals surface area contributed by atoms with Gasteiger partial charge in [0.05, 0.1) is 18.2 Å². The normalized spacial score (nSPS) is 23.4. The molecule has 19 heavy (non-hydrogen) atoms. The van der Waals surface area contributed by atoms with E-state index in [0.717, 1.165) is 6.54 Å². The lowest BCUT2D eigenvalue weighted by Gasteiger charge is -2.32. The highest BCUT2D eigenvalue weighted by atomic mass is 15.1. The molecule has 3 rings (SSSR count). The largest absolute Gasteiger partial charge is 0.330 e. The van der Waals surface area contributed by atoms with Gasteiger partial charge in [-0.15, -0.1) is 0 Å². The van der Waals surface area contributed by atoms with E-state index in [-0.39, 0.29) is 0 Å². The van der Waals surface area contributed by atoms with Gasteiger partial charge in [-0.2, -0.15) is 0 Å². The number of nitrogens with two attached hydrogens (primary N) is 1. The molecule has 0 bridgehead atoms. The molecule has 2 aromatic rings. The molecule has 2 N–H and O–H groups in total. The molecule has 0 aliphatic heterocycles. The second kappa shape index (κ2) is 5.53. The Kier molecular flexibility index (Phi) is 3.60. The fourth-order valence-corrected chi connectivity index (χ4v) is 3.14. The molecular formula is C15H20N4. The molecule has 0 saturated heterocycles. The number of aromatic nitrogens is 3. The van der Waals surface area contributed by atoms with Crippen molar-refractivity contribution in [1.29, 1.82) is 0 Å². The minimum absolute atomic E-state index is 0.490. The van der Waals surface area contributed by atoms with Crippen molar-refractivity contribution < 1.29 is 0 Å². The summed E-state index contributed by atoms with van der Waals surface area (Å²) in [6.07, 6.45) is 12.6. The summed E-state index contributed by atoms with van der Waals surface area (Å²) in [6.45, 7) is 0.763. The zero-order valence-corrected chi connectivity index (χ0v) is 11.1. The van der Waals surface area contributed by atoms with E-state index in [1.54, 1.807) is 0 Å². The van der Waals surface area contributed by atoms with Gasteiger partial charge in [0.2, 0.25) is 0 Å². The van der Waals surface area contributed by atoms with Gasteiger partial charge >= 0.3 is 0 Å². The minimum atomic E-state index is 0.490. The number of rotatable bonds is 3. The Hall–Kier alpha value is -1.68. The molecule has 1 aliphatic carbocycles. The Labute approximate surface area is 113 Å². The van der Waals surface area contributed by atoms with Crippen LogP contribution in [0.4, 0.5) is 0 Å². The first-order valence-corrected chi connectivity index (χ1v) is 7.02. The first-order valence-electron chi connectivity index (χ1n) is 7.02. The summed E-state index contributed by atoms with van der Waals surface area (Å²) >= 11 is 0. The number of hydrogen-bond acceptors (Lipinski definition) is 3. The fraction of sp³-hybridized carbons (Fsp3) is 0.467. The molecule has 2 atom stereocenters. The maximum absolute atomic E-state index is 5.94. The van der Waals surface area contributed by atoms with Crippen LogP contribution in [0.3, 0.4) is 0 Å². The summed E-state index contributed by atoms with van der Waals surface area (Å²) < 4.78 is 2.31. The summed E-state index contributed by atoms with van der Waals surface area (Å²) in [5, 5.41) is 0. The second-order valence-corrected chi connectivity index (χ2v) is 5.27. The molecule has 2 unspecified atom stereocenters. The van der Waals surface area contributed by atoms with Crippen LogP contribution in [0.2, 0.25) is 0 Å². The van der Waals surface area contributed by atoms with Crippen molar-refractivity contribution in [3.05, 3.63) is 37.1 Å². The molecule has 2 heterocycles. The van der Waals surface area contributed by atoms with E-state index in [0.29, 0.717) is 12.0 Å². The third-order valence-electron chi connectivity index (χ3n) is 4.17. The number of hydrogen-bond donors (Lipinski definition) is 1. The summed E-state index contributed by atoms with van der Waals surface area (Å²) in [7, 11) is 0. The highest BCUT2D eigenvalue weighted by Gasteiger charge is 2.26. The monoisotopic (exact) mass is 256 g/mol. The molecule has 0 amide bonds. The van der Waals surface area contributed by atoms with E-state index in [9.17, 15) is 0 Å². The molecule has 1 aliphatic rings. The molecule has 0 aromatic carbocycles. The van der Waals surface area contributed by atoms with Crippen molar-refractivity contribution in [3.63, 3.8) is 0 Å². The van der Waals surface area contributed by atoms with Crippen molar-refractivity contribution in [2.75, 3.05) is 6.54 Å². The van der Waals surface area contributed by atoms with Gasteiger partial charge in [-0.25, -0.2) is 4.98 Å². The van der Waals surface area contributed by atoms with Gasteiger partial charge in [-0.1, -0.05) is 12.8 Å². The van der Waals surface area contributed by atoms with Crippen molar-refractivity contribution in [2.45, 2.75) is 31.7 Å². The fourth-order valence-electron chi connectivity index (χ4n) is 3.14. The van der Waals surface area contributed by atoms with Crippen LogP contribution in [0.15, 0.2) is 37.1 Å². The number of imidazole rings is 1. The predicted molar refractivity (Wildman–Crippen MR) is 75.5 cm³/mol. The molecule has 0 radical (unpaired) electrons. The van der Waals surface area contributed by atoms with Gasteiger partial charge < -0.3 is 10.3 Å². The molecule has 2 aromatic heterocycles. The van der Waals surface area contributed by atoms with E-state index < -0.39 is 0 Å². The van der Waals surface area contributed by atoms with Gasteiger partial charge in [0.25, 0.3) is 0 Å². The summed E-state index contributed by atoms with van der Waals surface area (Å²) in [5.74, 6) is 0.573. The van der Waals surface area contributed by atoms with Crippen LogP contribution < -0.4 is 5.73 Å². The highest BCUT2D eigenvalue weighted by molar-refractivity contribution is 5.58. The minimum Gasteiger partial charge on any atom is -0.330 e. The van der Waals surface area contributed by atoms with Gasteiger partial charge in [-0.05, 0) is 37.4 Å². The van der Waals surface area contributed by atoms with Crippen LogP contribution in [-0.2, 0) is 0 Å². The van der Waals surface area contributed by atoms with Crippen LogP contribution in [0.25, 0.3) is 11.3 Å². The second-order valence-electron chi connectivity index (χ2n) is 5.27. The highest BCUT2D eigenvalue weighted by Crippen LogP contribution is 2.36. The van der Waals surface area contributed by atoms with Crippen LogP contribution in [0.5, 0.6) is 0 Å². The van der Waals surface area contributed by atoms with Crippen molar-refractivity contribution in [2.24, 2.45) is 11.7 Å². The van der Waals surface area contributed by atoms with Crippen LogP contribution in [0, 0.1) is 5.92 Å². The first-order chi connectivity index (χ1) is 9.40. The van der Waals surface area contributed by atoms with E-state index >= 15 is 0 Å². The average molecular weight is 256 g/mol. The molecular weight excluding hydrogens is 236 g/mol. The Balaban J connectivity index is 1.95. The predicted octanol–water partition coefficient (Wildman–Crippen LogP) is 2.64. The number of nitrogens with zero attached hydrogens (tertiary/aromatic N) is 3. The van der Waals surface area contributed by atoms with Gasteiger partial charge in [0.15, 0.2) is 0 Å². The topological polar surface area (TPSA) is 56.7 Å². The standard InChI is InChI=1S/C15H20N4/c16-9-13-3-1-2-4-14(13)19-11-18-10-15(19)12-5-7-17-8-6-12/h5-8,10-11,13-14H,1-4,9,16H2. The molecule has 1 saturated carbocycles. The van der Waals surface area contributed by atoms with Crippen LogP contribution in [-0.4, -0.2) is 21.1 Å². The molecule has 4 nitrogen and oxygen atoms in total. The van der Waals surface area contributed by atoms with Crippen LogP contribution >= 0.6 is 0 Å². The Bertz CT molecular complexity index is 520. The lowest BCUT2D eigenvalue weighted by atomic mass is 9.84. The first kappa shape index (κ1) is 12.4. The van der Waals surface area contributed by atoms with E-state index in [4.69, 9.17) is 5.73 Å². The smallest absolute Gasteiger partial charge is 0.0953 e. The number of pyridine rings is 1. The average Bonchev–Trinajstić information content (AvgIpc) is 2.97. The van der Waals surface area contributed by atoms with E-state index in [1.807, 2.05) is 37.1 Å². The molecule has 1 fully saturated rings. The van der Waals surface area contributed by atoms with E-state index in [1.165, 1.54) is 36.9 Å². The Morgan fingerprint density at radius 3 is 2.74 bits per heavy atom. The maximum Gasteiger partial charge on any atom is 0.0953 e. The van der Waals surface area contributed by atoms with E-state index in [2.05, 4.69) is 14.5 Å². The van der Waals surface area contributed by atoms with Crippen LogP contribution in [0.1, 0.15) is 31.7 Å². The molecule has 100 valence electrons. The van der Waals surface area contributed by atoms with Crippen molar-refractivity contribution in [3.8, 4) is 11.3 Å². The lowest BCUT2D eigenvalue weighted by Crippen LogP contribution is -2.29.